The predicted octanol–water partition coefficient (Wildman–Crippen LogP) is 11.6. The van der Waals surface area contributed by atoms with Gasteiger partial charge in [0.15, 0.2) is 0 Å². The normalized spacial score (nSPS) is 11.8. The molecular formula is C44H27N3O. The molecular weight excluding hydrogens is 587 g/mol. The first-order valence-corrected chi connectivity index (χ1v) is 16.2. The van der Waals surface area contributed by atoms with Crippen molar-refractivity contribution in [3.05, 3.63) is 164 Å². The Morgan fingerprint density at radius 1 is 0.438 bits per heavy atom. The van der Waals surface area contributed by atoms with Crippen LogP contribution in [0.2, 0.25) is 0 Å². The number of pyridine rings is 2. The minimum absolute atomic E-state index is 0.858. The molecule has 0 radical (unpaired) electrons. The topological polar surface area (TPSA) is 43.9 Å². The average molecular weight is 614 g/mol. The largest absolute Gasteiger partial charge is 0.455 e. The smallest absolute Gasteiger partial charge is 0.143 e. The molecule has 0 aliphatic carbocycles. The second kappa shape index (κ2) is 10.5. The van der Waals surface area contributed by atoms with Crippen LogP contribution in [0, 0.1) is 0 Å². The molecule has 0 aliphatic rings. The molecule has 0 unspecified atom stereocenters. The molecule has 4 heteroatoms. The van der Waals surface area contributed by atoms with Gasteiger partial charge in [-0.1, -0.05) is 103 Å². The van der Waals surface area contributed by atoms with Gasteiger partial charge in [0.25, 0.3) is 0 Å². The number of furan rings is 1. The molecule has 10 aromatic rings. The second-order valence-electron chi connectivity index (χ2n) is 12.2. The summed E-state index contributed by atoms with van der Waals surface area (Å²) in [6.45, 7) is 0. The highest BCUT2D eigenvalue weighted by molar-refractivity contribution is 6.20. The highest BCUT2D eigenvalue weighted by Crippen LogP contribution is 2.39. The van der Waals surface area contributed by atoms with Gasteiger partial charge < -0.3 is 4.42 Å². The zero-order valence-corrected chi connectivity index (χ0v) is 25.8. The summed E-state index contributed by atoms with van der Waals surface area (Å²) < 4.78 is 8.69. The van der Waals surface area contributed by atoms with E-state index >= 15 is 0 Å². The summed E-state index contributed by atoms with van der Waals surface area (Å²) in [7, 11) is 0. The van der Waals surface area contributed by atoms with E-state index in [0.717, 1.165) is 83.2 Å². The van der Waals surface area contributed by atoms with Gasteiger partial charge in [-0.15, -0.1) is 0 Å². The van der Waals surface area contributed by atoms with Crippen molar-refractivity contribution in [1.29, 1.82) is 0 Å². The number of aromatic nitrogens is 3. The van der Waals surface area contributed by atoms with Crippen molar-refractivity contribution < 1.29 is 4.42 Å². The molecule has 0 atom stereocenters. The van der Waals surface area contributed by atoms with E-state index in [1.165, 1.54) is 10.8 Å². The monoisotopic (exact) mass is 613 g/mol. The number of benzene rings is 6. The molecule has 0 bridgehead atoms. The van der Waals surface area contributed by atoms with E-state index in [1.807, 2.05) is 30.5 Å². The number of rotatable bonds is 4. The molecule has 6 aromatic carbocycles. The zero-order valence-electron chi connectivity index (χ0n) is 25.8. The Balaban J connectivity index is 1.14. The van der Waals surface area contributed by atoms with Gasteiger partial charge in [0.05, 0.1) is 22.4 Å². The first-order valence-electron chi connectivity index (χ1n) is 16.2. The molecule has 0 amide bonds. The number of fused-ring (bicyclic) bond motifs is 8. The third-order valence-electron chi connectivity index (χ3n) is 9.43. The van der Waals surface area contributed by atoms with E-state index in [-0.39, 0.29) is 0 Å². The fourth-order valence-electron chi connectivity index (χ4n) is 7.12. The van der Waals surface area contributed by atoms with Crippen LogP contribution in [-0.2, 0) is 0 Å². The van der Waals surface area contributed by atoms with E-state index in [0.29, 0.717) is 0 Å². The number of hydrogen-bond donors (Lipinski definition) is 0. The maximum absolute atomic E-state index is 6.42. The molecule has 0 spiro atoms. The van der Waals surface area contributed by atoms with Gasteiger partial charge in [-0.25, -0.2) is 9.97 Å². The van der Waals surface area contributed by atoms with Crippen molar-refractivity contribution in [2.45, 2.75) is 0 Å². The van der Waals surface area contributed by atoms with Crippen LogP contribution in [0.3, 0.4) is 0 Å². The van der Waals surface area contributed by atoms with Crippen LogP contribution >= 0.6 is 0 Å². The molecule has 0 N–H and O–H groups in total. The summed E-state index contributed by atoms with van der Waals surface area (Å²) in [4.78, 5) is 10.2. The van der Waals surface area contributed by atoms with Crippen molar-refractivity contribution >= 4 is 54.5 Å². The van der Waals surface area contributed by atoms with Gasteiger partial charge in [0.2, 0.25) is 0 Å². The molecule has 0 aliphatic heterocycles. The highest BCUT2D eigenvalue weighted by Gasteiger charge is 2.17. The molecule has 4 nitrogen and oxygen atoms in total. The lowest BCUT2D eigenvalue weighted by Crippen LogP contribution is -1.98. The van der Waals surface area contributed by atoms with E-state index in [1.54, 1.807) is 0 Å². The Kier molecular flexibility index (Phi) is 5.84. The second-order valence-corrected chi connectivity index (χ2v) is 12.2. The Bertz CT molecular complexity index is 2760. The minimum atomic E-state index is 0.858. The first-order chi connectivity index (χ1) is 23.8. The molecule has 0 saturated carbocycles. The number of para-hydroxylation sites is 2. The lowest BCUT2D eigenvalue weighted by molar-refractivity contribution is 0.672. The summed E-state index contributed by atoms with van der Waals surface area (Å²) in [5.41, 5.74) is 10.2. The van der Waals surface area contributed by atoms with Crippen LogP contribution in [-0.4, -0.2) is 14.5 Å². The predicted molar refractivity (Wildman–Crippen MR) is 197 cm³/mol. The van der Waals surface area contributed by atoms with Crippen molar-refractivity contribution in [2.24, 2.45) is 0 Å². The Morgan fingerprint density at radius 2 is 1.15 bits per heavy atom. The van der Waals surface area contributed by atoms with Gasteiger partial charge in [0.1, 0.15) is 17.0 Å². The fraction of sp³-hybridized carbons (Fsp3) is 0. The fourth-order valence-corrected chi connectivity index (χ4v) is 7.12. The van der Waals surface area contributed by atoms with E-state index in [9.17, 15) is 0 Å². The molecule has 4 aromatic heterocycles. The molecule has 224 valence electrons. The summed E-state index contributed by atoms with van der Waals surface area (Å²) in [6.07, 6.45) is 1.95. The van der Waals surface area contributed by atoms with Gasteiger partial charge in [-0.05, 0) is 71.1 Å². The van der Waals surface area contributed by atoms with Gasteiger partial charge in [0, 0.05) is 44.3 Å². The van der Waals surface area contributed by atoms with Crippen LogP contribution < -0.4 is 0 Å². The number of hydrogen-bond acceptors (Lipinski definition) is 3. The van der Waals surface area contributed by atoms with Crippen molar-refractivity contribution in [3.63, 3.8) is 0 Å². The Labute approximate surface area is 276 Å². The summed E-state index contributed by atoms with van der Waals surface area (Å²) in [5, 5.41) is 6.87. The van der Waals surface area contributed by atoms with Crippen LogP contribution in [0.5, 0.6) is 0 Å². The van der Waals surface area contributed by atoms with E-state index in [4.69, 9.17) is 14.4 Å². The lowest BCUT2D eigenvalue weighted by Gasteiger charge is -2.11. The third kappa shape index (κ3) is 4.16. The summed E-state index contributed by atoms with van der Waals surface area (Å²) in [6, 6.07) is 55.1. The quantitative estimate of drug-likeness (QED) is 0.198. The Morgan fingerprint density at radius 3 is 1.94 bits per heavy atom. The molecule has 0 saturated heterocycles. The van der Waals surface area contributed by atoms with E-state index in [2.05, 4.69) is 138 Å². The summed E-state index contributed by atoms with van der Waals surface area (Å²) in [5.74, 6) is 0.858. The van der Waals surface area contributed by atoms with Crippen molar-refractivity contribution in [3.8, 4) is 39.5 Å². The number of nitrogens with zero attached hydrogens (tertiary/aromatic N) is 3. The molecule has 4 heterocycles. The molecule has 0 fully saturated rings. The van der Waals surface area contributed by atoms with Crippen molar-refractivity contribution in [2.75, 3.05) is 0 Å². The van der Waals surface area contributed by atoms with Gasteiger partial charge in [-0.3, -0.25) is 4.57 Å². The summed E-state index contributed by atoms with van der Waals surface area (Å²) >= 11 is 0. The van der Waals surface area contributed by atoms with E-state index < -0.39 is 0 Å². The zero-order chi connectivity index (χ0) is 31.6. The maximum atomic E-state index is 6.42. The minimum Gasteiger partial charge on any atom is -0.455 e. The Hall–Kier alpha value is -6.52. The van der Waals surface area contributed by atoms with Gasteiger partial charge >= 0.3 is 0 Å². The first kappa shape index (κ1) is 26.7. The molecule has 10 rings (SSSR count). The third-order valence-corrected chi connectivity index (χ3v) is 9.43. The van der Waals surface area contributed by atoms with Crippen LogP contribution in [0.25, 0.3) is 94.0 Å². The van der Waals surface area contributed by atoms with Crippen LogP contribution in [0.1, 0.15) is 0 Å². The molecule has 48 heavy (non-hydrogen) atoms. The standard InChI is InChI=1S/C44H27N3O/c1-3-11-28(12-4-1)32-23-38(29-13-5-2-6-14-29)46-39(24-32)31-20-22-43(45-27-31)47-40-17-9-7-15-33(40)37-26-36-30(25-41(37)47)19-21-35-34-16-8-10-18-42(34)48-44(35)36/h1-27H. The highest BCUT2D eigenvalue weighted by atomic mass is 16.3. The SMILES string of the molecule is c1ccc(-c2cc(-c3ccccc3)nc(-c3ccc(-n4c5ccccc5c5cc6c(ccc7c8ccccc8oc67)cc54)nc3)c2)cc1. The van der Waals surface area contributed by atoms with Crippen LogP contribution in [0.4, 0.5) is 0 Å². The average Bonchev–Trinajstić information content (AvgIpc) is 3.70. The van der Waals surface area contributed by atoms with Gasteiger partial charge in [-0.2, -0.15) is 0 Å². The maximum Gasteiger partial charge on any atom is 0.143 e. The lowest BCUT2D eigenvalue weighted by atomic mass is 10.0. The van der Waals surface area contributed by atoms with Crippen molar-refractivity contribution in [1.82, 2.24) is 14.5 Å². The van der Waals surface area contributed by atoms with Crippen LogP contribution in [0.15, 0.2) is 168 Å².